The van der Waals surface area contributed by atoms with E-state index in [0.29, 0.717) is 18.8 Å². The Labute approximate surface area is 188 Å². The minimum absolute atomic E-state index is 0.00383. The van der Waals surface area contributed by atoms with Crippen molar-refractivity contribution in [2.45, 2.75) is 51.3 Å². The van der Waals surface area contributed by atoms with Gasteiger partial charge < -0.3 is 20.1 Å². The zero-order valence-electron chi connectivity index (χ0n) is 18.8. The summed E-state index contributed by atoms with van der Waals surface area (Å²) in [6.45, 7) is 6.24. The van der Waals surface area contributed by atoms with Gasteiger partial charge in [-0.15, -0.1) is 0 Å². The van der Waals surface area contributed by atoms with E-state index in [4.69, 9.17) is 4.74 Å². The molecule has 2 amide bonds. The van der Waals surface area contributed by atoms with Gasteiger partial charge in [0.05, 0.1) is 17.7 Å². The summed E-state index contributed by atoms with van der Waals surface area (Å²) < 4.78 is 5.83. The van der Waals surface area contributed by atoms with E-state index in [-0.39, 0.29) is 30.5 Å². The number of nitrogens with one attached hydrogen (secondary N) is 1. The van der Waals surface area contributed by atoms with E-state index in [1.165, 1.54) is 0 Å². The molecule has 2 heterocycles. The van der Waals surface area contributed by atoms with Gasteiger partial charge in [-0.3, -0.25) is 19.5 Å². The molecule has 2 aromatic rings. The molecule has 8 nitrogen and oxygen atoms in total. The summed E-state index contributed by atoms with van der Waals surface area (Å²) >= 11 is 0. The second-order valence-corrected chi connectivity index (χ2v) is 8.77. The lowest BCUT2D eigenvalue weighted by Crippen LogP contribution is -2.60. The Hall–Kier alpha value is -2.71. The summed E-state index contributed by atoms with van der Waals surface area (Å²) in [5, 5.41) is 14.8. The van der Waals surface area contributed by atoms with E-state index in [0.717, 1.165) is 48.9 Å². The Morgan fingerprint density at radius 3 is 2.69 bits per heavy atom. The molecule has 0 radical (unpaired) electrons. The van der Waals surface area contributed by atoms with E-state index in [2.05, 4.69) is 15.2 Å². The number of amides is 2. The van der Waals surface area contributed by atoms with Crippen molar-refractivity contribution in [1.82, 2.24) is 20.1 Å². The number of aliphatic hydroxyl groups excluding tert-OH is 1. The number of rotatable bonds is 5. The van der Waals surface area contributed by atoms with Crippen LogP contribution in [-0.2, 0) is 9.59 Å². The lowest BCUT2D eigenvalue weighted by molar-refractivity contribution is -0.132. The van der Waals surface area contributed by atoms with Crippen LogP contribution in [0.25, 0.3) is 10.9 Å². The van der Waals surface area contributed by atoms with Crippen LogP contribution >= 0.6 is 0 Å². The number of para-hydroxylation sites is 1. The van der Waals surface area contributed by atoms with Crippen LogP contribution in [0.1, 0.15) is 31.9 Å². The van der Waals surface area contributed by atoms with Crippen LogP contribution in [0.5, 0.6) is 5.75 Å². The lowest BCUT2D eigenvalue weighted by atomic mass is 9.86. The molecule has 32 heavy (non-hydrogen) atoms. The summed E-state index contributed by atoms with van der Waals surface area (Å²) in [6.07, 6.45) is 1.94. The summed E-state index contributed by atoms with van der Waals surface area (Å²) in [7, 11) is 0. The molecule has 2 aliphatic rings. The fraction of sp³-hybridized carbons (Fsp3) is 0.542. The highest BCUT2D eigenvalue weighted by Crippen LogP contribution is 2.26. The fourth-order valence-corrected chi connectivity index (χ4v) is 4.86. The molecule has 3 atom stereocenters. The number of carbonyl (C=O) groups excluding carboxylic acids is 2. The van der Waals surface area contributed by atoms with Crippen LogP contribution in [0.4, 0.5) is 0 Å². The number of benzene rings is 1. The van der Waals surface area contributed by atoms with Gasteiger partial charge >= 0.3 is 0 Å². The maximum absolute atomic E-state index is 12.6. The third-order valence-corrected chi connectivity index (χ3v) is 6.56. The number of hydrogen-bond donors (Lipinski definition) is 2. The molecule has 0 spiro atoms. The number of fused-ring (bicyclic) bond motifs is 1. The highest BCUT2D eigenvalue weighted by atomic mass is 16.5. The lowest BCUT2D eigenvalue weighted by Gasteiger charge is -2.45. The number of pyridine rings is 1. The molecule has 1 aliphatic carbocycles. The van der Waals surface area contributed by atoms with E-state index in [1.807, 2.05) is 42.2 Å². The standard InChI is InChI=1S/C24H32N4O4/c1-16-14-22(18-6-3-4-7-19(18)25-16)32-15-23(30)26-20-8-5-9-21(24(20)31)28-12-10-27(11-13-28)17(2)29/h3-4,6-7,14,20-21,24,31H,5,8-13,15H2,1-2H3,(H,26,30)/t20-,21-,24-/m1/s1. The predicted molar refractivity (Wildman–Crippen MR) is 121 cm³/mol. The summed E-state index contributed by atoms with van der Waals surface area (Å²) in [4.78, 5) is 32.8. The van der Waals surface area contributed by atoms with E-state index in [1.54, 1.807) is 6.92 Å². The first-order chi connectivity index (χ1) is 15.4. The zero-order chi connectivity index (χ0) is 22.7. The van der Waals surface area contributed by atoms with Crippen molar-refractivity contribution in [1.29, 1.82) is 0 Å². The van der Waals surface area contributed by atoms with Crippen molar-refractivity contribution in [2.75, 3.05) is 32.8 Å². The Morgan fingerprint density at radius 1 is 1.19 bits per heavy atom. The Kier molecular flexibility index (Phi) is 6.91. The van der Waals surface area contributed by atoms with Gasteiger partial charge in [0, 0.05) is 56.3 Å². The molecule has 0 bridgehead atoms. The van der Waals surface area contributed by atoms with Gasteiger partial charge in [-0.1, -0.05) is 12.1 Å². The van der Waals surface area contributed by atoms with Crippen LogP contribution < -0.4 is 10.1 Å². The first-order valence-electron chi connectivity index (χ1n) is 11.4. The Balaban J connectivity index is 1.33. The molecule has 1 aromatic carbocycles. The molecular formula is C24H32N4O4. The number of nitrogens with zero attached hydrogens (tertiary/aromatic N) is 3. The van der Waals surface area contributed by atoms with E-state index in [9.17, 15) is 14.7 Å². The molecular weight excluding hydrogens is 408 g/mol. The maximum Gasteiger partial charge on any atom is 0.258 e. The molecule has 2 fully saturated rings. The number of ether oxygens (including phenoxy) is 1. The van der Waals surface area contributed by atoms with Gasteiger partial charge in [-0.2, -0.15) is 0 Å². The van der Waals surface area contributed by atoms with Crippen molar-refractivity contribution in [3.63, 3.8) is 0 Å². The molecule has 1 aromatic heterocycles. The molecule has 4 rings (SSSR count). The SMILES string of the molecule is CC(=O)N1CCN([C@@H]2CCC[C@@H](NC(=O)COc3cc(C)nc4ccccc34)[C@H]2O)CC1. The summed E-state index contributed by atoms with van der Waals surface area (Å²) in [5.41, 5.74) is 1.66. The number of hydrogen-bond acceptors (Lipinski definition) is 6. The highest BCUT2D eigenvalue weighted by Gasteiger charge is 2.37. The number of carbonyl (C=O) groups is 2. The number of aromatic nitrogens is 1. The van der Waals surface area contributed by atoms with Crippen molar-refractivity contribution in [2.24, 2.45) is 0 Å². The van der Waals surface area contributed by atoms with Crippen molar-refractivity contribution >= 4 is 22.7 Å². The third kappa shape index (κ3) is 5.02. The van der Waals surface area contributed by atoms with Gasteiger partial charge in [0.25, 0.3) is 5.91 Å². The van der Waals surface area contributed by atoms with E-state index < -0.39 is 6.10 Å². The Morgan fingerprint density at radius 2 is 1.94 bits per heavy atom. The van der Waals surface area contributed by atoms with Gasteiger partial charge in [0.2, 0.25) is 5.91 Å². The van der Waals surface area contributed by atoms with Gasteiger partial charge in [-0.25, -0.2) is 0 Å². The molecule has 1 saturated heterocycles. The van der Waals surface area contributed by atoms with Gasteiger partial charge in [-0.05, 0) is 38.3 Å². The normalized spacial score (nSPS) is 24.3. The van der Waals surface area contributed by atoms with Gasteiger partial charge in [0.1, 0.15) is 5.75 Å². The summed E-state index contributed by atoms with van der Waals surface area (Å²) in [6, 6.07) is 9.22. The molecule has 1 aliphatic heterocycles. The maximum atomic E-state index is 12.6. The molecule has 1 saturated carbocycles. The van der Waals surface area contributed by atoms with Crippen molar-refractivity contribution in [3.05, 3.63) is 36.0 Å². The third-order valence-electron chi connectivity index (χ3n) is 6.56. The number of aryl methyl sites for hydroxylation is 1. The minimum atomic E-state index is -0.638. The molecule has 0 unspecified atom stereocenters. The van der Waals surface area contributed by atoms with Crippen molar-refractivity contribution < 1.29 is 19.4 Å². The molecule has 8 heteroatoms. The smallest absolute Gasteiger partial charge is 0.258 e. The first kappa shape index (κ1) is 22.5. The number of piperazine rings is 1. The van der Waals surface area contributed by atoms with Crippen LogP contribution in [0, 0.1) is 6.92 Å². The van der Waals surface area contributed by atoms with Gasteiger partial charge in [0.15, 0.2) is 6.61 Å². The highest BCUT2D eigenvalue weighted by molar-refractivity contribution is 5.86. The van der Waals surface area contributed by atoms with Crippen LogP contribution in [0.15, 0.2) is 30.3 Å². The van der Waals surface area contributed by atoms with Crippen molar-refractivity contribution in [3.8, 4) is 5.75 Å². The minimum Gasteiger partial charge on any atom is -0.483 e. The average Bonchev–Trinajstić information content (AvgIpc) is 2.79. The van der Waals surface area contributed by atoms with Crippen LogP contribution in [0.2, 0.25) is 0 Å². The second-order valence-electron chi connectivity index (χ2n) is 8.77. The van der Waals surface area contributed by atoms with Crippen LogP contribution in [0.3, 0.4) is 0 Å². The zero-order valence-corrected chi connectivity index (χ0v) is 18.8. The first-order valence-corrected chi connectivity index (χ1v) is 11.4. The fourth-order valence-electron chi connectivity index (χ4n) is 4.86. The monoisotopic (exact) mass is 440 g/mol. The predicted octanol–water partition coefficient (Wildman–Crippen LogP) is 1.48. The topological polar surface area (TPSA) is 95.0 Å². The average molecular weight is 441 g/mol. The number of aliphatic hydroxyl groups is 1. The quantitative estimate of drug-likeness (QED) is 0.732. The molecule has 2 N–H and O–H groups in total. The summed E-state index contributed by atoms with van der Waals surface area (Å²) in [5.74, 6) is 0.486. The second kappa shape index (κ2) is 9.83. The Bertz CT molecular complexity index is 974. The van der Waals surface area contributed by atoms with Crippen LogP contribution in [-0.4, -0.2) is 82.7 Å². The molecule has 172 valence electrons. The largest absolute Gasteiger partial charge is 0.483 e. The van der Waals surface area contributed by atoms with E-state index >= 15 is 0 Å².